The minimum atomic E-state index is -0.829. The average molecular weight is 469 g/mol. The number of alkyl carbamates (subject to hydrolysis) is 1. The van der Waals surface area contributed by atoms with Crippen LogP contribution in [0.15, 0.2) is 48.5 Å². The molecule has 3 atom stereocenters. The van der Waals surface area contributed by atoms with Crippen LogP contribution in [0.4, 0.5) is 4.79 Å². The first-order valence-electron chi connectivity index (χ1n) is 11.1. The molecule has 2 aliphatic rings. The van der Waals surface area contributed by atoms with Gasteiger partial charge in [-0.05, 0) is 53.0 Å². The van der Waals surface area contributed by atoms with E-state index >= 15 is 0 Å². The molecule has 4 rings (SSSR count). The van der Waals surface area contributed by atoms with E-state index in [2.05, 4.69) is 34.9 Å². The summed E-state index contributed by atoms with van der Waals surface area (Å²) in [5.41, 5.74) is 4.55. The van der Waals surface area contributed by atoms with E-state index in [0.29, 0.717) is 25.1 Å². The molecule has 0 heterocycles. The van der Waals surface area contributed by atoms with E-state index in [4.69, 9.17) is 9.84 Å². The van der Waals surface area contributed by atoms with Gasteiger partial charge >= 0.3 is 12.1 Å². The van der Waals surface area contributed by atoms with Crippen LogP contribution < -0.4 is 10.6 Å². The SMILES string of the molecule is CSCCC(NC(=O)OCC1c2ccccc2-c2ccccc21)C(=O)NC[C@@H]1C[C@@H]1C(=O)O. The number of ether oxygens (including phenoxy) is 1. The Bertz CT molecular complexity index is 997. The van der Waals surface area contributed by atoms with E-state index in [1.165, 1.54) is 0 Å². The Morgan fingerprint density at radius 3 is 2.30 bits per heavy atom. The largest absolute Gasteiger partial charge is 0.481 e. The molecule has 7 nitrogen and oxygen atoms in total. The van der Waals surface area contributed by atoms with Gasteiger partial charge in [-0.3, -0.25) is 9.59 Å². The van der Waals surface area contributed by atoms with Gasteiger partial charge in [0.15, 0.2) is 0 Å². The normalized spacial score (nSPS) is 19.2. The Balaban J connectivity index is 1.34. The van der Waals surface area contributed by atoms with Gasteiger partial charge in [-0.1, -0.05) is 48.5 Å². The van der Waals surface area contributed by atoms with Gasteiger partial charge in [0, 0.05) is 12.5 Å². The van der Waals surface area contributed by atoms with E-state index in [0.717, 1.165) is 22.3 Å². The maximum Gasteiger partial charge on any atom is 0.407 e. The van der Waals surface area contributed by atoms with Crippen LogP contribution >= 0.6 is 11.8 Å². The second-order valence-electron chi connectivity index (χ2n) is 8.49. The third-order valence-electron chi connectivity index (χ3n) is 6.34. The molecule has 174 valence electrons. The molecular formula is C25H28N2O5S. The first-order chi connectivity index (χ1) is 16.0. The molecule has 1 saturated carbocycles. The number of amides is 2. The Hall–Kier alpha value is -3.00. The van der Waals surface area contributed by atoms with Crippen LogP contribution in [0.5, 0.6) is 0 Å². The lowest BCUT2D eigenvalue weighted by Gasteiger charge is -2.19. The molecule has 1 unspecified atom stereocenters. The number of benzene rings is 2. The van der Waals surface area contributed by atoms with Crippen LogP contribution in [0, 0.1) is 11.8 Å². The summed E-state index contributed by atoms with van der Waals surface area (Å²) in [4.78, 5) is 36.2. The number of thioether (sulfide) groups is 1. The van der Waals surface area contributed by atoms with Crippen molar-refractivity contribution < 1.29 is 24.2 Å². The maximum atomic E-state index is 12.6. The summed E-state index contributed by atoms with van der Waals surface area (Å²) >= 11 is 1.58. The molecule has 8 heteroatoms. The highest BCUT2D eigenvalue weighted by Gasteiger charge is 2.43. The zero-order chi connectivity index (χ0) is 23.4. The molecule has 2 aromatic carbocycles. The van der Waals surface area contributed by atoms with Crippen LogP contribution in [-0.2, 0) is 14.3 Å². The molecule has 33 heavy (non-hydrogen) atoms. The Labute approximate surface area is 197 Å². The number of hydrogen-bond acceptors (Lipinski definition) is 5. The van der Waals surface area contributed by atoms with Crippen LogP contribution in [-0.4, -0.2) is 54.3 Å². The van der Waals surface area contributed by atoms with E-state index in [-0.39, 0.29) is 30.3 Å². The fraction of sp³-hybridized carbons (Fsp3) is 0.400. The summed E-state index contributed by atoms with van der Waals surface area (Å²) < 4.78 is 5.57. The summed E-state index contributed by atoms with van der Waals surface area (Å²) in [7, 11) is 0. The second-order valence-corrected chi connectivity index (χ2v) is 9.48. The van der Waals surface area contributed by atoms with Gasteiger partial charge in [-0.2, -0.15) is 11.8 Å². The smallest absolute Gasteiger partial charge is 0.407 e. The third-order valence-corrected chi connectivity index (χ3v) is 6.99. The van der Waals surface area contributed by atoms with Gasteiger partial charge in [-0.25, -0.2) is 4.79 Å². The lowest BCUT2D eigenvalue weighted by molar-refractivity contribution is -0.139. The number of carboxylic acid groups (broad SMARTS) is 1. The van der Waals surface area contributed by atoms with Gasteiger partial charge in [-0.15, -0.1) is 0 Å². The van der Waals surface area contributed by atoms with Gasteiger partial charge in [0.25, 0.3) is 0 Å². The molecular weight excluding hydrogens is 440 g/mol. The molecule has 0 aliphatic heterocycles. The van der Waals surface area contributed by atoms with Crippen LogP contribution in [0.1, 0.15) is 29.9 Å². The summed E-state index contributed by atoms with van der Waals surface area (Å²) in [5, 5.41) is 14.5. The summed E-state index contributed by atoms with van der Waals surface area (Å²) in [6, 6.07) is 15.5. The number of aliphatic carboxylic acids is 1. The first kappa shape index (κ1) is 23.2. The Morgan fingerprint density at radius 2 is 1.73 bits per heavy atom. The predicted molar refractivity (Wildman–Crippen MR) is 127 cm³/mol. The van der Waals surface area contributed by atoms with Crippen molar-refractivity contribution in [1.82, 2.24) is 10.6 Å². The van der Waals surface area contributed by atoms with Gasteiger partial charge in [0.1, 0.15) is 12.6 Å². The lowest BCUT2D eigenvalue weighted by atomic mass is 9.98. The number of hydrogen-bond donors (Lipinski definition) is 3. The molecule has 2 amide bonds. The number of carbonyl (C=O) groups is 3. The van der Waals surface area contributed by atoms with Crippen molar-refractivity contribution in [3.05, 3.63) is 59.7 Å². The van der Waals surface area contributed by atoms with Crippen molar-refractivity contribution in [1.29, 1.82) is 0 Å². The molecule has 3 N–H and O–H groups in total. The van der Waals surface area contributed by atoms with Gasteiger partial charge < -0.3 is 20.5 Å². The highest BCUT2D eigenvalue weighted by Crippen LogP contribution is 2.44. The monoisotopic (exact) mass is 468 g/mol. The van der Waals surface area contributed by atoms with E-state index in [1.54, 1.807) is 11.8 Å². The molecule has 2 aromatic rings. The summed E-state index contributed by atoms with van der Waals surface area (Å²) in [6.07, 6.45) is 2.34. The number of carbonyl (C=O) groups excluding carboxylic acids is 2. The number of nitrogens with one attached hydrogen (secondary N) is 2. The predicted octanol–water partition coefficient (Wildman–Crippen LogP) is 3.48. The molecule has 0 spiro atoms. The molecule has 1 fully saturated rings. The molecule has 0 radical (unpaired) electrons. The van der Waals surface area contributed by atoms with Crippen molar-refractivity contribution in [2.75, 3.05) is 25.2 Å². The highest BCUT2D eigenvalue weighted by molar-refractivity contribution is 7.98. The zero-order valence-corrected chi connectivity index (χ0v) is 19.3. The Morgan fingerprint density at radius 1 is 1.09 bits per heavy atom. The molecule has 0 aromatic heterocycles. The van der Waals surface area contributed by atoms with Crippen molar-refractivity contribution in [3.8, 4) is 11.1 Å². The van der Waals surface area contributed by atoms with Crippen molar-refractivity contribution in [2.45, 2.75) is 24.8 Å². The Kier molecular flexibility index (Phi) is 7.23. The van der Waals surface area contributed by atoms with Gasteiger partial charge in [0.05, 0.1) is 5.92 Å². The number of rotatable bonds is 10. The summed E-state index contributed by atoms with van der Waals surface area (Å²) in [6.45, 7) is 0.483. The van der Waals surface area contributed by atoms with E-state index < -0.39 is 18.1 Å². The van der Waals surface area contributed by atoms with E-state index in [1.807, 2.05) is 30.5 Å². The quantitative estimate of drug-likeness (QED) is 0.493. The molecule has 2 aliphatic carbocycles. The average Bonchev–Trinajstić information content (AvgIpc) is 3.54. The van der Waals surface area contributed by atoms with E-state index in [9.17, 15) is 14.4 Å². The van der Waals surface area contributed by atoms with Crippen LogP contribution in [0.25, 0.3) is 11.1 Å². The number of carboxylic acids is 1. The molecule has 0 bridgehead atoms. The molecule has 0 saturated heterocycles. The summed E-state index contributed by atoms with van der Waals surface area (Å²) in [5.74, 6) is -0.918. The number of fused-ring (bicyclic) bond motifs is 3. The zero-order valence-electron chi connectivity index (χ0n) is 18.5. The standard InChI is InChI=1S/C25H28N2O5S/c1-33-11-10-22(23(28)26-13-15-12-20(15)24(29)30)27-25(31)32-14-21-18-8-4-2-6-16(18)17-7-3-5-9-19(17)21/h2-9,15,20-22H,10-14H2,1H3,(H,26,28)(H,27,31)(H,29,30)/t15-,20-,22?/m0/s1. The lowest BCUT2D eigenvalue weighted by Crippen LogP contribution is -2.48. The van der Waals surface area contributed by atoms with Crippen molar-refractivity contribution >= 4 is 29.7 Å². The topological polar surface area (TPSA) is 105 Å². The first-order valence-corrected chi connectivity index (χ1v) is 12.5. The van der Waals surface area contributed by atoms with Crippen molar-refractivity contribution in [2.24, 2.45) is 11.8 Å². The maximum absolute atomic E-state index is 12.6. The highest BCUT2D eigenvalue weighted by atomic mass is 32.2. The van der Waals surface area contributed by atoms with Crippen LogP contribution in [0.3, 0.4) is 0 Å². The third kappa shape index (κ3) is 5.33. The van der Waals surface area contributed by atoms with Crippen molar-refractivity contribution in [3.63, 3.8) is 0 Å². The van der Waals surface area contributed by atoms with Crippen LogP contribution in [0.2, 0.25) is 0 Å². The minimum Gasteiger partial charge on any atom is -0.481 e. The van der Waals surface area contributed by atoms with Gasteiger partial charge in [0.2, 0.25) is 5.91 Å². The fourth-order valence-corrected chi connectivity index (χ4v) is 4.89. The minimum absolute atomic E-state index is 0.0397. The second kappa shape index (κ2) is 10.3. The fourth-order valence-electron chi connectivity index (χ4n) is 4.42.